The number of fused-ring (bicyclic) bond motifs is 4. The molecule has 0 aliphatic carbocycles. The lowest BCUT2D eigenvalue weighted by Gasteiger charge is -2.03. The molecule has 0 aliphatic heterocycles. The van der Waals surface area contributed by atoms with Crippen molar-refractivity contribution in [3.05, 3.63) is 70.5 Å². The highest BCUT2D eigenvalue weighted by Gasteiger charge is 2.12. The van der Waals surface area contributed by atoms with E-state index in [1.165, 1.54) is 26.4 Å². The van der Waals surface area contributed by atoms with Crippen LogP contribution in [0.5, 0.6) is 0 Å². The Kier molecular flexibility index (Phi) is 2.87. The van der Waals surface area contributed by atoms with Gasteiger partial charge in [-0.2, -0.15) is 0 Å². The summed E-state index contributed by atoms with van der Waals surface area (Å²) in [5.41, 5.74) is 4.24. The van der Waals surface area contributed by atoms with Crippen molar-refractivity contribution in [1.29, 1.82) is 0 Å². The largest absolute Gasteiger partial charge is 0.455 e. The standard InChI is InChI=1S/C20H11BrOS/c21-19-11-13-9-8-12(10-18(13)23-19)14-5-3-6-16-15-4-1-2-7-17(15)22-20(14)16/h1-11H. The zero-order valence-corrected chi connectivity index (χ0v) is 14.4. The van der Waals surface area contributed by atoms with Crippen LogP contribution in [0.3, 0.4) is 0 Å². The van der Waals surface area contributed by atoms with Crippen LogP contribution < -0.4 is 0 Å². The van der Waals surface area contributed by atoms with Gasteiger partial charge >= 0.3 is 0 Å². The molecule has 0 spiro atoms. The normalized spacial score (nSPS) is 11.7. The van der Waals surface area contributed by atoms with Crippen molar-refractivity contribution < 1.29 is 4.42 Å². The zero-order valence-electron chi connectivity index (χ0n) is 12.0. The van der Waals surface area contributed by atoms with E-state index >= 15 is 0 Å². The Morgan fingerprint density at radius 2 is 1.70 bits per heavy atom. The lowest BCUT2D eigenvalue weighted by molar-refractivity contribution is 0.670. The van der Waals surface area contributed by atoms with E-state index in [2.05, 4.69) is 70.5 Å². The van der Waals surface area contributed by atoms with Gasteiger partial charge in [0.05, 0.1) is 3.79 Å². The van der Waals surface area contributed by atoms with Crippen LogP contribution in [-0.4, -0.2) is 0 Å². The van der Waals surface area contributed by atoms with Crippen molar-refractivity contribution in [1.82, 2.24) is 0 Å². The molecule has 0 saturated carbocycles. The molecule has 23 heavy (non-hydrogen) atoms. The van der Waals surface area contributed by atoms with E-state index in [0.717, 1.165) is 20.5 Å². The molecule has 0 bridgehead atoms. The Morgan fingerprint density at radius 3 is 2.65 bits per heavy atom. The molecule has 3 aromatic carbocycles. The molecule has 0 saturated heterocycles. The SMILES string of the molecule is Brc1cc2ccc(-c3cccc4c3oc3ccccc34)cc2s1. The Balaban J connectivity index is 1.83. The second-order valence-electron chi connectivity index (χ2n) is 5.58. The van der Waals surface area contributed by atoms with Crippen molar-refractivity contribution in [3.8, 4) is 11.1 Å². The molecule has 5 aromatic rings. The van der Waals surface area contributed by atoms with Crippen molar-refractivity contribution >= 4 is 59.3 Å². The van der Waals surface area contributed by atoms with Gasteiger partial charge in [-0.15, -0.1) is 11.3 Å². The first kappa shape index (κ1) is 13.3. The molecule has 2 heterocycles. The minimum absolute atomic E-state index is 0.940. The second kappa shape index (κ2) is 4.95. The summed E-state index contributed by atoms with van der Waals surface area (Å²) in [5.74, 6) is 0. The van der Waals surface area contributed by atoms with E-state index in [1.54, 1.807) is 11.3 Å². The number of thiophene rings is 1. The molecule has 0 unspecified atom stereocenters. The van der Waals surface area contributed by atoms with Crippen LogP contribution in [-0.2, 0) is 0 Å². The average Bonchev–Trinajstić information content (AvgIpc) is 3.13. The molecular formula is C20H11BrOS. The van der Waals surface area contributed by atoms with Crippen LogP contribution in [0.2, 0.25) is 0 Å². The maximum Gasteiger partial charge on any atom is 0.143 e. The Bertz CT molecular complexity index is 1180. The van der Waals surface area contributed by atoms with E-state index in [9.17, 15) is 0 Å². The third-order valence-electron chi connectivity index (χ3n) is 4.21. The summed E-state index contributed by atoms with van der Waals surface area (Å²) in [7, 11) is 0. The molecule has 0 radical (unpaired) electrons. The van der Waals surface area contributed by atoms with E-state index in [4.69, 9.17) is 4.42 Å². The monoisotopic (exact) mass is 378 g/mol. The number of rotatable bonds is 1. The lowest BCUT2D eigenvalue weighted by atomic mass is 10.0. The number of furan rings is 1. The molecule has 0 atom stereocenters. The quantitative estimate of drug-likeness (QED) is 0.299. The highest BCUT2D eigenvalue weighted by atomic mass is 79.9. The molecule has 1 nitrogen and oxygen atoms in total. The number of para-hydroxylation sites is 2. The van der Waals surface area contributed by atoms with Gasteiger partial charge in [0.2, 0.25) is 0 Å². The summed E-state index contributed by atoms with van der Waals surface area (Å²) < 4.78 is 8.59. The highest BCUT2D eigenvalue weighted by Crippen LogP contribution is 2.38. The first-order valence-corrected chi connectivity index (χ1v) is 9.00. The number of hydrogen-bond donors (Lipinski definition) is 0. The summed E-state index contributed by atoms with van der Waals surface area (Å²) in [6.07, 6.45) is 0. The van der Waals surface area contributed by atoms with E-state index in [1.807, 2.05) is 12.1 Å². The van der Waals surface area contributed by atoms with Crippen molar-refractivity contribution in [2.45, 2.75) is 0 Å². The predicted molar refractivity (Wildman–Crippen MR) is 102 cm³/mol. The van der Waals surface area contributed by atoms with Crippen LogP contribution in [0.1, 0.15) is 0 Å². The van der Waals surface area contributed by atoms with Crippen LogP contribution in [0.4, 0.5) is 0 Å². The zero-order chi connectivity index (χ0) is 15.4. The third kappa shape index (κ3) is 2.04. The molecule has 3 heteroatoms. The molecule has 0 amide bonds. The Hall–Kier alpha value is -2.10. The Labute approximate surface area is 145 Å². The number of benzene rings is 3. The van der Waals surface area contributed by atoms with Gasteiger partial charge in [0, 0.05) is 21.0 Å². The van der Waals surface area contributed by atoms with Crippen LogP contribution in [0, 0.1) is 0 Å². The summed E-state index contributed by atoms with van der Waals surface area (Å²) in [6, 6.07) is 23.3. The topological polar surface area (TPSA) is 13.1 Å². The van der Waals surface area contributed by atoms with Crippen molar-refractivity contribution in [2.75, 3.05) is 0 Å². The smallest absolute Gasteiger partial charge is 0.143 e. The summed E-state index contributed by atoms with van der Waals surface area (Å²) in [5, 5.41) is 3.61. The molecule has 110 valence electrons. The Morgan fingerprint density at radius 1 is 0.826 bits per heavy atom. The van der Waals surface area contributed by atoms with Crippen LogP contribution >= 0.6 is 27.3 Å². The molecule has 5 rings (SSSR count). The van der Waals surface area contributed by atoms with Gasteiger partial charge in [0.25, 0.3) is 0 Å². The first-order chi connectivity index (χ1) is 11.3. The fraction of sp³-hybridized carbons (Fsp3) is 0. The maximum atomic E-state index is 6.15. The molecule has 2 aromatic heterocycles. The van der Waals surface area contributed by atoms with Gasteiger partial charge in [-0.05, 0) is 45.1 Å². The minimum atomic E-state index is 0.940. The van der Waals surface area contributed by atoms with E-state index in [-0.39, 0.29) is 0 Å². The van der Waals surface area contributed by atoms with E-state index < -0.39 is 0 Å². The van der Waals surface area contributed by atoms with Crippen molar-refractivity contribution in [2.24, 2.45) is 0 Å². The lowest BCUT2D eigenvalue weighted by Crippen LogP contribution is -1.78. The van der Waals surface area contributed by atoms with Gasteiger partial charge in [-0.3, -0.25) is 0 Å². The number of hydrogen-bond acceptors (Lipinski definition) is 2. The molecule has 0 N–H and O–H groups in total. The predicted octanol–water partition coefficient (Wildman–Crippen LogP) is 7.23. The molecule has 0 aliphatic rings. The summed E-state index contributed by atoms with van der Waals surface area (Å²) in [6.45, 7) is 0. The summed E-state index contributed by atoms with van der Waals surface area (Å²) in [4.78, 5) is 0. The van der Waals surface area contributed by atoms with Gasteiger partial charge in [-0.25, -0.2) is 0 Å². The second-order valence-corrected chi connectivity index (χ2v) is 8.05. The number of halogens is 1. The molecule has 0 fully saturated rings. The average molecular weight is 379 g/mol. The fourth-order valence-corrected chi connectivity index (χ4v) is 4.74. The highest BCUT2D eigenvalue weighted by molar-refractivity contribution is 9.11. The summed E-state index contributed by atoms with van der Waals surface area (Å²) >= 11 is 5.33. The maximum absolute atomic E-state index is 6.15. The fourth-order valence-electron chi connectivity index (χ4n) is 3.14. The minimum Gasteiger partial charge on any atom is -0.455 e. The van der Waals surface area contributed by atoms with Gasteiger partial charge in [0.1, 0.15) is 11.2 Å². The molecular weight excluding hydrogens is 368 g/mol. The van der Waals surface area contributed by atoms with Gasteiger partial charge < -0.3 is 4.42 Å². The first-order valence-electron chi connectivity index (χ1n) is 7.39. The van der Waals surface area contributed by atoms with Crippen LogP contribution in [0.15, 0.2) is 74.9 Å². The van der Waals surface area contributed by atoms with Gasteiger partial charge in [0.15, 0.2) is 0 Å². The van der Waals surface area contributed by atoms with Gasteiger partial charge in [-0.1, -0.05) is 48.5 Å². The van der Waals surface area contributed by atoms with Crippen molar-refractivity contribution in [3.63, 3.8) is 0 Å². The third-order valence-corrected chi connectivity index (χ3v) is 5.81. The van der Waals surface area contributed by atoms with E-state index in [0.29, 0.717) is 0 Å². The van der Waals surface area contributed by atoms with Crippen LogP contribution in [0.25, 0.3) is 43.2 Å².